The monoisotopic (exact) mass is 202 g/mol. The molecule has 0 amide bonds. The zero-order valence-electron chi connectivity index (χ0n) is 10.6. The Bertz CT molecular complexity index is 374. The van der Waals surface area contributed by atoms with Crippen LogP contribution in [0, 0.1) is 12.8 Å². The van der Waals surface area contributed by atoms with E-state index < -0.39 is 0 Å². The highest BCUT2D eigenvalue weighted by atomic mass is 14.4. The molecule has 0 aromatic heterocycles. The maximum atomic E-state index is 2.39. The lowest BCUT2D eigenvalue weighted by molar-refractivity contribution is 0.310. The molecule has 2 atom stereocenters. The van der Waals surface area contributed by atoms with Gasteiger partial charge in [0.1, 0.15) is 0 Å². The first-order valence-corrected chi connectivity index (χ1v) is 6.03. The summed E-state index contributed by atoms with van der Waals surface area (Å²) >= 11 is 0. The second-order valence-corrected chi connectivity index (χ2v) is 5.94. The summed E-state index contributed by atoms with van der Waals surface area (Å²) in [6.45, 7) is 11.7. The zero-order valence-corrected chi connectivity index (χ0v) is 10.6. The molecule has 1 aromatic rings. The van der Waals surface area contributed by atoms with Crippen LogP contribution in [0.5, 0.6) is 0 Å². The summed E-state index contributed by atoms with van der Waals surface area (Å²) in [7, 11) is 0. The zero-order chi connectivity index (χ0) is 11.2. The predicted octanol–water partition coefficient (Wildman–Crippen LogP) is 4.42. The van der Waals surface area contributed by atoms with Crippen molar-refractivity contribution in [3.8, 4) is 0 Å². The van der Waals surface area contributed by atoms with Gasteiger partial charge < -0.3 is 0 Å². The van der Waals surface area contributed by atoms with E-state index >= 15 is 0 Å². The van der Waals surface area contributed by atoms with Crippen LogP contribution in [0.25, 0.3) is 0 Å². The Labute approximate surface area is 93.7 Å². The molecule has 82 valence electrons. The van der Waals surface area contributed by atoms with E-state index in [4.69, 9.17) is 0 Å². The Balaban J connectivity index is 2.59. The SMILES string of the molecule is Cc1ccc2c(c1)[C@H](C)[C@@H](C)CC2(C)C. The number of aryl methyl sites for hydroxylation is 1. The molecule has 1 aromatic carbocycles. The summed E-state index contributed by atoms with van der Waals surface area (Å²) in [6, 6.07) is 6.98. The van der Waals surface area contributed by atoms with E-state index in [0.29, 0.717) is 11.3 Å². The van der Waals surface area contributed by atoms with Crippen molar-refractivity contribution >= 4 is 0 Å². The molecule has 0 fully saturated rings. The Hall–Kier alpha value is -0.780. The molecule has 0 heteroatoms. The van der Waals surface area contributed by atoms with E-state index in [-0.39, 0.29) is 0 Å². The van der Waals surface area contributed by atoms with Gasteiger partial charge in [-0.15, -0.1) is 0 Å². The molecule has 1 aliphatic carbocycles. The fraction of sp³-hybridized carbons (Fsp3) is 0.600. The van der Waals surface area contributed by atoms with Gasteiger partial charge in [0.25, 0.3) is 0 Å². The first-order valence-electron chi connectivity index (χ1n) is 6.03. The minimum absolute atomic E-state index is 0.356. The summed E-state index contributed by atoms with van der Waals surface area (Å²) in [5.74, 6) is 1.52. The van der Waals surface area contributed by atoms with Crippen molar-refractivity contribution in [3.05, 3.63) is 34.9 Å². The predicted molar refractivity (Wildman–Crippen MR) is 66.4 cm³/mol. The molecule has 0 aliphatic heterocycles. The average molecular weight is 202 g/mol. The summed E-state index contributed by atoms with van der Waals surface area (Å²) in [4.78, 5) is 0. The third kappa shape index (κ3) is 1.71. The highest BCUT2D eigenvalue weighted by Crippen LogP contribution is 2.45. The standard InChI is InChI=1S/C15H22/c1-10-6-7-14-13(8-10)12(3)11(2)9-15(14,4)5/h6-8,11-12H,9H2,1-5H3/t11-,12+/m0/s1. The van der Waals surface area contributed by atoms with Crippen LogP contribution < -0.4 is 0 Å². The number of hydrogen-bond acceptors (Lipinski definition) is 0. The van der Waals surface area contributed by atoms with E-state index in [2.05, 4.69) is 52.8 Å². The molecule has 0 spiro atoms. The fourth-order valence-corrected chi connectivity index (χ4v) is 3.07. The summed E-state index contributed by atoms with van der Waals surface area (Å²) < 4.78 is 0. The smallest absolute Gasteiger partial charge is 0.00980 e. The van der Waals surface area contributed by atoms with Gasteiger partial charge in [-0.2, -0.15) is 0 Å². The maximum absolute atomic E-state index is 2.39. The number of rotatable bonds is 0. The molecule has 1 aliphatic rings. The maximum Gasteiger partial charge on any atom is -0.00980 e. The van der Waals surface area contributed by atoms with Crippen LogP contribution in [0.4, 0.5) is 0 Å². The van der Waals surface area contributed by atoms with Crippen LogP contribution in [-0.4, -0.2) is 0 Å². The van der Waals surface area contributed by atoms with Crippen molar-refractivity contribution in [3.63, 3.8) is 0 Å². The summed E-state index contributed by atoms with van der Waals surface area (Å²) in [6.07, 6.45) is 1.31. The molecule has 0 saturated heterocycles. The van der Waals surface area contributed by atoms with Crippen molar-refractivity contribution in [1.82, 2.24) is 0 Å². The molecule has 0 bridgehead atoms. The molecule has 0 radical (unpaired) electrons. The largest absolute Gasteiger partial charge is 0.0619 e. The van der Waals surface area contributed by atoms with E-state index in [1.165, 1.54) is 12.0 Å². The molecule has 0 nitrogen and oxygen atoms in total. The highest BCUT2D eigenvalue weighted by molar-refractivity contribution is 5.41. The highest BCUT2D eigenvalue weighted by Gasteiger charge is 2.34. The molecule has 0 unspecified atom stereocenters. The van der Waals surface area contributed by atoms with Crippen LogP contribution in [0.1, 0.15) is 56.7 Å². The van der Waals surface area contributed by atoms with E-state index in [0.717, 1.165) is 5.92 Å². The first kappa shape index (κ1) is 10.7. The average Bonchev–Trinajstić information content (AvgIpc) is 2.13. The third-order valence-corrected chi connectivity index (χ3v) is 4.11. The molecule has 2 rings (SSSR count). The van der Waals surface area contributed by atoms with Gasteiger partial charge in [-0.1, -0.05) is 51.5 Å². The molecule has 15 heavy (non-hydrogen) atoms. The molecular formula is C15H22. The Morgan fingerprint density at radius 3 is 2.53 bits per heavy atom. The quantitative estimate of drug-likeness (QED) is 0.584. The third-order valence-electron chi connectivity index (χ3n) is 4.11. The number of hydrogen-bond donors (Lipinski definition) is 0. The van der Waals surface area contributed by atoms with Gasteiger partial charge in [0.05, 0.1) is 0 Å². The first-order chi connectivity index (χ1) is 6.92. The fourth-order valence-electron chi connectivity index (χ4n) is 3.07. The van der Waals surface area contributed by atoms with Crippen molar-refractivity contribution in [1.29, 1.82) is 0 Å². The molecule has 0 N–H and O–H groups in total. The second kappa shape index (κ2) is 3.37. The van der Waals surface area contributed by atoms with Crippen molar-refractivity contribution in [2.75, 3.05) is 0 Å². The lowest BCUT2D eigenvalue weighted by Crippen LogP contribution is -2.30. The Morgan fingerprint density at radius 1 is 1.20 bits per heavy atom. The number of fused-ring (bicyclic) bond motifs is 1. The van der Waals surface area contributed by atoms with Gasteiger partial charge in [0.15, 0.2) is 0 Å². The summed E-state index contributed by atoms with van der Waals surface area (Å²) in [5.41, 5.74) is 4.90. The second-order valence-electron chi connectivity index (χ2n) is 5.94. The minimum Gasteiger partial charge on any atom is -0.0619 e. The topological polar surface area (TPSA) is 0 Å². The Kier molecular flexibility index (Phi) is 2.41. The van der Waals surface area contributed by atoms with Crippen molar-refractivity contribution < 1.29 is 0 Å². The van der Waals surface area contributed by atoms with E-state index in [1.54, 1.807) is 11.1 Å². The number of benzene rings is 1. The summed E-state index contributed by atoms with van der Waals surface area (Å²) in [5, 5.41) is 0. The van der Waals surface area contributed by atoms with Gasteiger partial charge >= 0.3 is 0 Å². The van der Waals surface area contributed by atoms with Crippen LogP contribution in [0.2, 0.25) is 0 Å². The van der Waals surface area contributed by atoms with Crippen LogP contribution in [0.15, 0.2) is 18.2 Å². The molecule has 0 saturated carbocycles. The minimum atomic E-state index is 0.356. The Morgan fingerprint density at radius 2 is 1.87 bits per heavy atom. The van der Waals surface area contributed by atoms with E-state index in [1.807, 2.05) is 0 Å². The lowest BCUT2D eigenvalue weighted by atomic mass is 9.64. The van der Waals surface area contributed by atoms with Crippen LogP contribution in [0.3, 0.4) is 0 Å². The van der Waals surface area contributed by atoms with Gasteiger partial charge in [0, 0.05) is 0 Å². The van der Waals surface area contributed by atoms with Crippen molar-refractivity contribution in [2.45, 2.75) is 52.4 Å². The van der Waals surface area contributed by atoms with Gasteiger partial charge in [-0.05, 0) is 41.7 Å². The van der Waals surface area contributed by atoms with Crippen LogP contribution in [-0.2, 0) is 5.41 Å². The van der Waals surface area contributed by atoms with E-state index in [9.17, 15) is 0 Å². The van der Waals surface area contributed by atoms with Crippen LogP contribution >= 0.6 is 0 Å². The molecular weight excluding hydrogens is 180 g/mol. The lowest BCUT2D eigenvalue weighted by Gasteiger charge is -2.40. The van der Waals surface area contributed by atoms with Gasteiger partial charge in [-0.25, -0.2) is 0 Å². The van der Waals surface area contributed by atoms with Crippen molar-refractivity contribution in [2.24, 2.45) is 5.92 Å². The molecule has 0 heterocycles. The van der Waals surface area contributed by atoms with Gasteiger partial charge in [0.2, 0.25) is 0 Å². The normalized spacial score (nSPS) is 28.6. The van der Waals surface area contributed by atoms with Gasteiger partial charge in [-0.3, -0.25) is 0 Å².